The Labute approximate surface area is 136 Å². The lowest BCUT2D eigenvalue weighted by atomic mass is 9.92. The fraction of sp³-hybridized carbons (Fsp3) is 0.556. The molecule has 1 aliphatic heterocycles. The molecule has 0 saturated carbocycles. The number of hydrogen-bond acceptors (Lipinski definition) is 3. The van der Waals surface area contributed by atoms with Crippen molar-refractivity contribution in [2.45, 2.75) is 38.5 Å². The zero-order valence-corrected chi connectivity index (χ0v) is 13.3. The molecule has 0 spiro atoms. The van der Waals surface area contributed by atoms with Crippen LogP contribution >= 0.6 is 0 Å². The molecule has 1 saturated heterocycles. The lowest BCUT2D eigenvalue weighted by Crippen LogP contribution is -2.44. The third-order valence-electron chi connectivity index (χ3n) is 4.81. The molecule has 1 amide bonds. The van der Waals surface area contributed by atoms with Gasteiger partial charge in [0.15, 0.2) is 6.61 Å². The molecule has 5 heteroatoms. The predicted molar refractivity (Wildman–Crippen MR) is 85.5 cm³/mol. The van der Waals surface area contributed by atoms with Crippen molar-refractivity contribution in [3.8, 4) is 5.75 Å². The van der Waals surface area contributed by atoms with E-state index in [0.717, 1.165) is 25.0 Å². The summed E-state index contributed by atoms with van der Waals surface area (Å²) in [6.07, 6.45) is 6.03. The SMILES string of the molecule is O=C(O)[C@H]1CCCN(C(=O)COc2ccc3c(c2)CCCC3)C1. The Bertz CT molecular complexity index is 599. The lowest BCUT2D eigenvalue weighted by Gasteiger charge is -2.30. The number of ether oxygens (including phenoxy) is 1. The molecule has 0 unspecified atom stereocenters. The molecule has 1 aromatic carbocycles. The molecular formula is C18H23NO4. The van der Waals surface area contributed by atoms with E-state index >= 15 is 0 Å². The molecule has 1 aliphatic carbocycles. The smallest absolute Gasteiger partial charge is 0.308 e. The van der Waals surface area contributed by atoms with E-state index in [2.05, 4.69) is 6.07 Å². The highest BCUT2D eigenvalue weighted by atomic mass is 16.5. The second kappa shape index (κ2) is 7.02. The van der Waals surface area contributed by atoms with Crippen LogP contribution < -0.4 is 4.74 Å². The zero-order chi connectivity index (χ0) is 16.2. The number of amides is 1. The zero-order valence-electron chi connectivity index (χ0n) is 13.3. The Balaban J connectivity index is 1.55. The average molecular weight is 317 g/mol. The minimum Gasteiger partial charge on any atom is -0.484 e. The largest absolute Gasteiger partial charge is 0.484 e. The first-order valence-electron chi connectivity index (χ1n) is 8.38. The van der Waals surface area contributed by atoms with Crippen molar-refractivity contribution in [3.63, 3.8) is 0 Å². The van der Waals surface area contributed by atoms with Gasteiger partial charge in [0.25, 0.3) is 5.91 Å². The summed E-state index contributed by atoms with van der Waals surface area (Å²) in [5.41, 5.74) is 2.71. The van der Waals surface area contributed by atoms with Gasteiger partial charge in [-0.05, 0) is 61.8 Å². The predicted octanol–water partition coefficient (Wildman–Crippen LogP) is 2.27. The van der Waals surface area contributed by atoms with E-state index in [-0.39, 0.29) is 12.5 Å². The maximum Gasteiger partial charge on any atom is 0.308 e. The van der Waals surface area contributed by atoms with Crippen LogP contribution in [0.1, 0.15) is 36.8 Å². The number of hydrogen-bond donors (Lipinski definition) is 1. The van der Waals surface area contributed by atoms with Crippen molar-refractivity contribution in [2.24, 2.45) is 5.92 Å². The maximum absolute atomic E-state index is 12.2. The Morgan fingerprint density at radius 3 is 2.74 bits per heavy atom. The number of carboxylic acids is 1. The molecule has 1 N–H and O–H groups in total. The molecule has 124 valence electrons. The Morgan fingerprint density at radius 1 is 1.17 bits per heavy atom. The van der Waals surface area contributed by atoms with Crippen LogP contribution in [-0.2, 0) is 22.4 Å². The monoisotopic (exact) mass is 317 g/mol. The number of piperidine rings is 1. The van der Waals surface area contributed by atoms with Gasteiger partial charge in [0.05, 0.1) is 5.92 Å². The standard InChI is InChI=1S/C18H23NO4/c20-17(19-9-3-6-15(11-19)18(21)22)12-23-16-8-7-13-4-1-2-5-14(13)10-16/h7-8,10,15H,1-6,9,11-12H2,(H,21,22)/t15-/m0/s1. The summed E-state index contributed by atoms with van der Waals surface area (Å²) in [4.78, 5) is 24.9. The van der Waals surface area contributed by atoms with Crippen molar-refractivity contribution in [1.29, 1.82) is 0 Å². The number of nitrogens with zero attached hydrogens (tertiary/aromatic N) is 1. The summed E-state index contributed by atoms with van der Waals surface area (Å²) in [5.74, 6) is -0.672. The molecule has 0 bridgehead atoms. The molecule has 1 fully saturated rings. The molecule has 3 rings (SSSR count). The van der Waals surface area contributed by atoms with Gasteiger partial charge in [-0.1, -0.05) is 6.07 Å². The van der Waals surface area contributed by atoms with E-state index < -0.39 is 11.9 Å². The molecule has 0 aromatic heterocycles. The first kappa shape index (κ1) is 15.8. The quantitative estimate of drug-likeness (QED) is 0.925. The fourth-order valence-corrected chi connectivity index (χ4v) is 3.44. The summed E-state index contributed by atoms with van der Waals surface area (Å²) in [7, 11) is 0. The maximum atomic E-state index is 12.2. The Morgan fingerprint density at radius 2 is 1.96 bits per heavy atom. The number of carboxylic acid groups (broad SMARTS) is 1. The number of benzene rings is 1. The van der Waals surface area contributed by atoms with Crippen LogP contribution in [0.4, 0.5) is 0 Å². The van der Waals surface area contributed by atoms with Gasteiger partial charge in [-0.2, -0.15) is 0 Å². The van der Waals surface area contributed by atoms with E-state index in [1.165, 1.54) is 24.0 Å². The topological polar surface area (TPSA) is 66.8 Å². The van der Waals surface area contributed by atoms with Gasteiger partial charge < -0.3 is 14.7 Å². The van der Waals surface area contributed by atoms with E-state index in [4.69, 9.17) is 9.84 Å². The summed E-state index contributed by atoms with van der Waals surface area (Å²) < 4.78 is 5.64. The normalized spacial score (nSPS) is 20.7. The van der Waals surface area contributed by atoms with Gasteiger partial charge >= 0.3 is 5.97 Å². The highest BCUT2D eigenvalue weighted by Crippen LogP contribution is 2.25. The van der Waals surface area contributed by atoms with E-state index in [0.29, 0.717) is 19.5 Å². The minimum absolute atomic E-state index is 0.0227. The van der Waals surface area contributed by atoms with Crippen LogP contribution in [0.3, 0.4) is 0 Å². The van der Waals surface area contributed by atoms with Gasteiger partial charge in [-0.15, -0.1) is 0 Å². The second-order valence-corrected chi connectivity index (χ2v) is 6.44. The van der Waals surface area contributed by atoms with Crippen LogP contribution in [0.5, 0.6) is 5.75 Å². The molecule has 1 heterocycles. The Hall–Kier alpha value is -2.04. The van der Waals surface area contributed by atoms with Gasteiger partial charge in [0, 0.05) is 13.1 Å². The van der Waals surface area contributed by atoms with Gasteiger partial charge in [0.2, 0.25) is 0 Å². The number of carbonyl (C=O) groups excluding carboxylic acids is 1. The van der Waals surface area contributed by atoms with Crippen LogP contribution in [0.2, 0.25) is 0 Å². The van der Waals surface area contributed by atoms with E-state index in [1.54, 1.807) is 4.90 Å². The average Bonchev–Trinajstić information content (AvgIpc) is 2.59. The number of aliphatic carboxylic acids is 1. The van der Waals surface area contributed by atoms with Gasteiger partial charge in [0.1, 0.15) is 5.75 Å². The molecule has 2 aliphatic rings. The number of aryl methyl sites for hydroxylation is 2. The number of likely N-dealkylation sites (tertiary alicyclic amines) is 1. The lowest BCUT2D eigenvalue weighted by molar-refractivity contribution is -0.146. The first-order chi connectivity index (χ1) is 11.1. The molecule has 1 atom stereocenters. The van der Waals surface area contributed by atoms with E-state index in [1.807, 2.05) is 12.1 Å². The third-order valence-corrected chi connectivity index (χ3v) is 4.81. The van der Waals surface area contributed by atoms with Crippen molar-refractivity contribution >= 4 is 11.9 Å². The fourth-order valence-electron chi connectivity index (χ4n) is 3.44. The van der Waals surface area contributed by atoms with Crippen molar-refractivity contribution < 1.29 is 19.4 Å². The molecule has 23 heavy (non-hydrogen) atoms. The summed E-state index contributed by atoms with van der Waals surface area (Å²) in [6, 6.07) is 6.06. The van der Waals surface area contributed by atoms with Crippen molar-refractivity contribution in [1.82, 2.24) is 4.90 Å². The molecule has 1 aromatic rings. The minimum atomic E-state index is -0.821. The number of rotatable bonds is 4. The van der Waals surface area contributed by atoms with Crippen LogP contribution in [0, 0.1) is 5.92 Å². The van der Waals surface area contributed by atoms with Crippen LogP contribution in [-0.4, -0.2) is 41.6 Å². The molecule has 0 radical (unpaired) electrons. The number of fused-ring (bicyclic) bond motifs is 1. The highest BCUT2D eigenvalue weighted by Gasteiger charge is 2.28. The van der Waals surface area contributed by atoms with E-state index in [9.17, 15) is 9.59 Å². The highest BCUT2D eigenvalue weighted by molar-refractivity contribution is 5.79. The van der Waals surface area contributed by atoms with Crippen LogP contribution in [0.15, 0.2) is 18.2 Å². The van der Waals surface area contributed by atoms with Gasteiger partial charge in [-0.25, -0.2) is 0 Å². The summed E-state index contributed by atoms with van der Waals surface area (Å²) in [5, 5.41) is 9.09. The summed E-state index contributed by atoms with van der Waals surface area (Å²) in [6.45, 7) is 0.892. The van der Waals surface area contributed by atoms with Gasteiger partial charge in [-0.3, -0.25) is 9.59 Å². The molecule has 5 nitrogen and oxygen atoms in total. The van der Waals surface area contributed by atoms with Crippen molar-refractivity contribution in [2.75, 3.05) is 19.7 Å². The van der Waals surface area contributed by atoms with Crippen molar-refractivity contribution in [3.05, 3.63) is 29.3 Å². The Kier molecular flexibility index (Phi) is 4.84. The summed E-state index contributed by atoms with van der Waals surface area (Å²) >= 11 is 0. The number of carbonyl (C=O) groups is 2. The third kappa shape index (κ3) is 3.84. The second-order valence-electron chi connectivity index (χ2n) is 6.44. The van der Waals surface area contributed by atoms with Crippen LogP contribution in [0.25, 0.3) is 0 Å². The first-order valence-corrected chi connectivity index (χ1v) is 8.38. The molecular weight excluding hydrogens is 294 g/mol.